The van der Waals surface area contributed by atoms with Crippen LogP contribution in [0.25, 0.3) is 0 Å². The second-order valence-electron chi connectivity index (χ2n) is 5.99. The summed E-state index contributed by atoms with van der Waals surface area (Å²) in [5.41, 5.74) is 0. The number of nitriles is 1. The molecule has 1 aliphatic rings. The lowest BCUT2D eigenvalue weighted by Crippen LogP contribution is -2.18. The van der Waals surface area contributed by atoms with Crippen molar-refractivity contribution in [1.29, 1.82) is 5.26 Å². The first kappa shape index (κ1) is 22.3. The van der Waals surface area contributed by atoms with Gasteiger partial charge >= 0.3 is 0 Å². The standard InChI is InChI=1S/C16H25NO3.C2H4O2/c17-10-7-9-14-13(15(19)12-16(14)20)8-5-3-1-2-4-6-11-18;1-2(3)4/h5,8,13-15,18-19H,1-4,6-7,9,11-12H2;1H3,(H,3,4)/b8-5+;/t13-,14-,15+;/m1./s1. The Labute approximate surface area is 143 Å². The van der Waals surface area contributed by atoms with E-state index in [0.717, 1.165) is 39.0 Å². The number of carbonyl (C=O) groups excluding carboxylic acids is 1. The van der Waals surface area contributed by atoms with Crippen LogP contribution >= 0.6 is 0 Å². The lowest BCUT2D eigenvalue weighted by Gasteiger charge is -2.16. The number of nitrogens with zero attached hydrogens (tertiary/aromatic N) is 1. The molecule has 6 nitrogen and oxygen atoms in total. The van der Waals surface area contributed by atoms with E-state index in [4.69, 9.17) is 20.3 Å². The van der Waals surface area contributed by atoms with Crippen molar-refractivity contribution in [3.8, 4) is 6.07 Å². The SMILES string of the molecule is CC(=O)O.N#CCC[C@H]1C(=O)C[C@H](O)[C@@H]1/C=C/CCCCCCO. The number of hydrogen-bond acceptors (Lipinski definition) is 5. The van der Waals surface area contributed by atoms with Crippen molar-refractivity contribution in [2.45, 2.75) is 64.4 Å². The number of aliphatic hydroxyl groups is 2. The molecular weight excluding hydrogens is 310 g/mol. The number of unbranched alkanes of at least 4 members (excludes halogenated alkanes) is 4. The molecule has 0 aliphatic heterocycles. The third-order valence-corrected chi connectivity index (χ3v) is 3.94. The van der Waals surface area contributed by atoms with Gasteiger partial charge in [-0.25, -0.2) is 0 Å². The molecule has 1 rings (SSSR count). The zero-order valence-corrected chi connectivity index (χ0v) is 14.4. The molecule has 6 heteroatoms. The number of Topliss-reactive ketones (excluding diaryl/α,β-unsaturated/α-hetero) is 1. The number of aliphatic carboxylic acids is 1. The Hall–Kier alpha value is -1.71. The second-order valence-corrected chi connectivity index (χ2v) is 5.99. The summed E-state index contributed by atoms with van der Waals surface area (Å²) in [7, 11) is 0. The summed E-state index contributed by atoms with van der Waals surface area (Å²) in [5, 5.41) is 34.6. The van der Waals surface area contributed by atoms with Crippen molar-refractivity contribution in [3.05, 3.63) is 12.2 Å². The van der Waals surface area contributed by atoms with Crippen molar-refractivity contribution in [1.82, 2.24) is 0 Å². The fraction of sp³-hybridized carbons (Fsp3) is 0.722. The van der Waals surface area contributed by atoms with Gasteiger partial charge in [0.1, 0.15) is 5.78 Å². The van der Waals surface area contributed by atoms with Crippen molar-refractivity contribution in [2.75, 3.05) is 6.61 Å². The maximum atomic E-state index is 11.8. The highest BCUT2D eigenvalue weighted by molar-refractivity contribution is 5.84. The smallest absolute Gasteiger partial charge is 0.300 e. The van der Waals surface area contributed by atoms with Crippen molar-refractivity contribution in [2.24, 2.45) is 11.8 Å². The molecule has 0 unspecified atom stereocenters. The maximum absolute atomic E-state index is 11.8. The summed E-state index contributed by atoms with van der Waals surface area (Å²) in [6.45, 7) is 1.34. The number of allylic oxidation sites excluding steroid dienone is 1. The molecule has 3 N–H and O–H groups in total. The van der Waals surface area contributed by atoms with Gasteiger partial charge < -0.3 is 15.3 Å². The Bertz CT molecular complexity index is 437. The molecular formula is C18H29NO5. The van der Waals surface area contributed by atoms with Crippen LogP contribution in [0.15, 0.2) is 12.2 Å². The molecule has 1 fully saturated rings. The zero-order chi connectivity index (χ0) is 18.4. The van der Waals surface area contributed by atoms with Gasteiger partial charge in [0.2, 0.25) is 0 Å². The van der Waals surface area contributed by atoms with E-state index >= 15 is 0 Å². The number of aliphatic hydroxyl groups excluding tert-OH is 2. The number of rotatable bonds is 9. The van der Waals surface area contributed by atoms with Crippen LogP contribution in [0, 0.1) is 23.2 Å². The largest absolute Gasteiger partial charge is 0.481 e. The van der Waals surface area contributed by atoms with Crippen molar-refractivity contribution < 1.29 is 24.9 Å². The molecule has 0 aromatic rings. The fourth-order valence-corrected chi connectivity index (χ4v) is 2.79. The van der Waals surface area contributed by atoms with Crippen LogP contribution in [0.1, 0.15) is 58.3 Å². The van der Waals surface area contributed by atoms with Crippen LogP contribution in [0.5, 0.6) is 0 Å². The van der Waals surface area contributed by atoms with Crippen molar-refractivity contribution >= 4 is 11.8 Å². The Morgan fingerprint density at radius 2 is 1.96 bits per heavy atom. The van der Waals surface area contributed by atoms with Crippen molar-refractivity contribution in [3.63, 3.8) is 0 Å². The fourth-order valence-electron chi connectivity index (χ4n) is 2.79. The third-order valence-electron chi connectivity index (χ3n) is 3.94. The zero-order valence-electron chi connectivity index (χ0n) is 14.4. The summed E-state index contributed by atoms with van der Waals surface area (Å²) in [5.74, 6) is -1.05. The van der Waals surface area contributed by atoms with E-state index in [9.17, 15) is 9.90 Å². The van der Waals surface area contributed by atoms with Gasteiger partial charge in [-0.3, -0.25) is 9.59 Å². The molecule has 0 aromatic carbocycles. The van der Waals surface area contributed by atoms with Gasteiger partial charge in [-0.2, -0.15) is 5.26 Å². The van der Waals surface area contributed by atoms with Gasteiger partial charge in [-0.1, -0.05) is 25.0 Å². The van der Waals surface area contributed by atoms with Crippen LogP contribution in [-0.2, 0) is 9.59 Å². The van der Waals surface area contributed by atoms with Gasteiger partial charge in [-0.05, 0) is 25.7 Å². The van der Waals surface area contributed by atoms with E-state index in [1.54, 1.807) is 0 Å². The second kappa shape index (κ2) is 13.7. The summed E-state index contributed by atoms with van der Waals surface area (Å²) in [6.07, 6.45) is 9.56. The van der Waals surface area contributed by atoms with E-state index in [0.29, 0.717) is 12.8 Å². The monoisotopic (exact) mass is 339 g/mol. The molecule has 0 aromatic heterocycles. The van der Waals surface area contributed by atoms with Gasteiger partial charge in [-0.15, -0.1) is 0 Å². The van der Waals surface area contributed by atoms with Crippen LogP contribution in [0.2, 0.25) is 0 Å². The molecule has 0 bridgehead atoms. The average Bonchev–Trinajstić information content (AvgIpc) is 2.77. The minimum Gasteiger partial charge on any atom is -0.481 e. The molecule has 0 spiro atoms. The first-order valence-corrected chi connectivity index (χ1v) is 8.48. The van der Waals surface area contributed by atoms with E-state index in [1.807, 2.05) is 12.2 Å². The normalized spacial score (nSPS) is 22.9. The van der Waals surface area contributed by atoms with Gasteiger partial charge in [0.15, 0.2) is 0 Å². The predicted octanol–water partition coefficient (Wildman–Crippen LogP) is 2.45. The topological polar surface area (TPSA) is 119 Å². The number of carbonyl (C=O) groups is 2. The lowest BCUT2D eigenvalue weighted by atomic mass is 9.89. The summed E-state index contributed by atoms with van der Waals surface area (Å²) in [6, 6.07) is 2.07. The molecule has 0 saturated heterocycles. The first-order valence-electron chi connectivity index (χ1n) is 8.48. The Morgan fingerprint density at radius 1 is 1.33 bits per heavy atom. The first-order chi connectivity index (χ1) is 11.4. The van der Waals surface area contributed by atoms with E-state index in [2.05, 4.69) is 6.07 Å². The summed E-state index contributed by atoms with van der Waals surface area (Å²) < 4.78 is 0. The van der Waals surface area contributed by atoms with Gasteiger partial charge in [0.25, 0.3) is 5.97 Å². The highest BCUT2D eigenvalue weighted by Crippen LogP contribution is 2.33. The number of carboxylic acids is 1. The highest BCUT2D eigenvalue weighted by atomic mass is 16.4. The Kier molecular flexibility index (Phi) is 12.7. The summed E-state index contributed by atoms with van der Waals surface area (Å²) in [4.78, 5) is 20.8. The van der Waals surface area contributed by atoms with E-state index in [1.165, 1.54) is 0 Å². The molecule has 1 saturated carbocycles. The maximum Gasteiger partial charge on any atom is 0.300 e. The van der Waals surface area contributed by atoms with Gasteiger partial charge in [0, 0.05) is 38.2 Å². The quantitative estimate of drug-likeness (QED) is 0.438. The predicted molar refractivity (Wildman–Crippen MR) is 90.1 cm³/mol. The Balaban J connectivity index is 0.00000118. The molecule has 136 valence electrons. The Morgan fingerprint density at radius 3 is 2.54 bits per heavy atom. The molecule has 1 aliphatic carbocycles. The molecule has 0 amide bonds. The number of hydrogen-bond donors (Lipinski definition) is 3. The van der Waals surface area contributed by atoms with Gasteiger partial charge in [0.05, 0.1) is 12.2 Å². The molecule has 0 heterocycles. The molecule has 3 atom stereocenters. The molecule has 24 heavy (non-hydrogen) atoms. The van der Waals surface area contributed by atoms with E-state index in [-0.39, 0.29) is 30.6 Å². The average molecular weight is 339 g/mol. The minimum absolute atomic E-state index is 0.0883. The van der Waals surface area contributed by atoms with Crippen LogP contribution in [-0.4, -0.2) is 39.8 Å². The summed E-state index contributed by atoms with van der Waals surface area (Å²) >= 11 is 0. The van der Waals surface area contributed by atoms with E-state index < -0.39 is 12.1 Å². The van der Waals surface area contributed by atoms with Crippen LogP contribution < -0.4 is 0 Å². The number of ketones is 1. The third kappa shape index (κ3) is 10.1. The van der Waals surface area contributed by atoms with Crippen LogP contribution in [0.4, 0.5) is 0 Å². The highest BCUT2D eigenvalue weighted by Gasteiger charge is 2.39. The van der Waals surface area contributed by atoms with Crippen LogP contribution in [0.3, 0.4) is 0 Å². The number of carboxylic acid groups (broad SMARTS) is 1. The molecule has 0 radical (unpaired) electrons. The lowest BCUT2D eigenvalue weighted by molar-refractivity contribution is -0.134. The minimum atomic E-state index is -0.833.